The monoisotopic (exact) mass is 198 g/mol. The lowest BCUT2D eigenvalue weighted by Gasteiger charge is -2.15. The van der Waals surface area contributed by atoms with E-state index in [2.05, 4.69) is 33.8 Å². The zero-order valence-electron chi connectivity index (χ0n) is 9.90. The van der Waals surface area contributed by atoms with Gasteiger partial charge in [0.25, 0.3) is 0 Å². The number of allylic oxidation sites excluding steroid dienone is 2. The molecule has 86 valence electrons. The van der Waals surface area contributed by atoms with Gasteiger partial charge in [0, 0.05) is 0 Å². The third-order valence-electron chi connectivity index (χ3n) is 2.51. The van der Waals surface area contributed by atoms with Gasteiger partial charge in [0.2, 0.25) is 0 Å². The fourth-order valence-corrected chi connectivity index (χ4v) is 1.71. The Morgan fingerprint density at radius 2 is 1.64 bits per heavy atom. The van der Waals surface area contributed by atoms with Gasteiger partial charge in [-0.1, -0.05) is 65.0 Å². The first-order valence-electron chi connectivity index (χ1n) is 5.80. The molecular weight excluding hydrogens is 168 g/mol. The summed E-state index contributed by atoms with van der Waals surface area (Å²) in [5, 5.41) is 0. The Bertz CT molecular complexity index is 123. The van der Waals surface area contributed by atoms with Crippen molar-refractivity contribution in [2.45, 2.75) is 73.6 Å². The van der Waals surface area contributed by atoms with Crippen LogP contribution in [0.5, 0.6) is 0 Å². The van der Waals surface area contributed by atoms with Gasteiger partial charge in [0.1, 0.15) is 0 Å². The molecule has 0 heterocycles. The maximum Gasteiger partial charge on any atom is -0.0377 e. The van der Waals surface area contributed by atoms with Crippen LogP contribution in [0, 0.1) is 5.92 Å². The molecule has 0 bridgehead atoms. The minimum absolute atomic E-state index is 0. The van der Waals surface area contributed by atoms with E-state index < -0.39 is 0 Å². The standard InChI is InChI=1S/C7H14.C6H12.CH4/c1-7-5-3-2-4-6-7;1-4-5-6(2)3;/h7H,2-6H2,1H3;5H,4H2,1-3H3;1H4. The van der Waals surface area contributed by atoms with Crippen LogP contribution in [0.3, 0.4) is 0 Å². The Labute approximate surface area is 91.8 Å². The van der Waals surface area contributed by atoms with E-state index in [0.29, 0.717) is 0 Å². The van der Waals surface area contributed by atoms with Gasteiger partial charge in [-0.25, -0.2) is 0 Å². The molecule has 0 aliphatic heterocycles. The van der Waals surface area contributed by atoms with Gasteiger partial charge in [-0.2, -0.15) is 0 Å². The van der Waals surface area contributed by atoms with E-state index in [1.165, 1.54) is 44.1 Å². The van der Waals surface area contributed by atoms with Gasteiger partial charge in [0.05, 0.1) is 0 Å². The largest absolute Gasteiger partial charge is 0.0862 e. The van der Waals surface area contributed by atoms with Crippen LogP contribution in [0.25, 0.3) is 0 Å². The summed E-state index contributed by atoms with van der Waals surface area (Å²) < 4.78 is 0. The van der Waals surface area contributed by atoms with Gasteiger partial charge in [-0.05, 0) is 26.2 Å². The Morgan fingerprint density at radius 3 is 1.79 bits per heavy atom. The summed E-state index contributed by atoms with van der Waals surface area (Å²) in [6, 6.07) is 0. The molecule has 0 amide bonds. The minimum atomic E-state index is 0. The average Bonchev–Trinajstić information content (AvgIpc) is 2.06. The molecule has 0 atom stereocenters. The van der Waals surface area contributed by atoms with Crippen molar-refractivity contribution in [2.24, 2.45) is 5.92 Å². The van der Waals surface area contributed by atoms with Crippen LogP contribution in [0.4, 0.5) is 0 Å². The normalized spacial score (nSPS) is 16.0. The number of rotatable bonds is 1. The minimum Gasteiger partial charge on any atom is -0.0862 e. The number of hydrogen-bond acceptors (Lipinski definition) is 0. The van der Waals surface area contributed by atoms with Crippen molar-refractivity contribution in [3.63, 3.8) is 0 Å². The highest BCUT2D eigenvalue weighted by Gasteiger charge is 2.05. The molecule has 1 aliphatic carbocycles. The summed E-state index contributed by atoms with van der Waals surface area (Å²) in [6.07, 6.45) is 10.8. The molecule has 1 aliphatic rings. The molecule has 0 aromatic rings. The lowest BCUT2D eigenvalue weighted by atomic mass is 9.91. The van der Waals surface area contributed by atoms with Crippen molar-refractivity contribution in [1.29, 1.82) is 0 Å². The van der Waals surface area contributed by atoms with Gasteiger partial charge in [-0.15, -0.1) is 0 Å². The van der Waals surface area contributed by atoms with E-state index in [9.17, 15) is 0 Å². The summed E-state index contributed by atoms with van der Waals surface area (Å²) >= 11 is 0. The van der Waals surface area contributed by atoms with E-state index in [1.54, 1.807) is 0 Å². The molecule has 0 heteroatoms. The molecule has 0 spiro atoms. The third kappa shape index (κ3) is 11.7. The average molecular weight is 198 g/mol. The lowest BCUT2D eigenvalue weighted by molar-refractivity contribution is 0.385. The van der Waals surface area contributed by atoms with Crippen molar-refractivity contribution in [2.75, 3.05) is 0 Å². The van der Waals surface area contributed by atoms with Crippen molar-refractivity contribution in [3.05, 3.63) is 11.6 Å². The highest BCUT2D eigenvalue weighted by atomic mass is 14.1. The summed E-state index contributed by atoms with van der Waals surface area (Å²) in [6.45, 7) is 8.74. The van der Waals surface area contributed by atoms with Crippen LogP contribution in [0.15, 0.2) is 11.6 Å². The molecule has 0 saturated heterocycles. The topological polar surface area (TPSA) is 0 Å². The highest BCUT2D eigenvalue weighted by molar-refractivity contribution is 4.91. The molecule has 1 rings (SSSR count). The fraction of sp³-hybridized carbons (Fsp3) is 0.857. The molecular formula is C14H30. The highest BCUT2D eigenvalue weighted by Crippen LogP contribution is 2.22. The predicted octanol–water partition coefficient (Wildman–Crippen LogP) is 5.59. The van der Waals surface area contributed by atoms with Crippen LogP contribution in [-0.4, -0.2) is 0 Å². The van der Waals surface area contributed by atoms with Gasteiger partial charge >= 0.3 is 0 Å². The quantitative estimate of drug-likeness (QED) is 0.482. The number of hydrogen-bond donors (Lipinski definition) is 0. The third-order valence-corrected chi connectivity index (χ3v) is 2.51. The first kappa shape index (κ1) is 16.2. The van der Waals surface area contributed by atoms with Crippen molar-refractivity contribution >= 4 is 0 Å². The van der Waals surface area contributed by atoms with Crippen molar-refractivity contribution in [1.82, 2.24) is 0 Å². The Balaban J connectivity index is 0. The zero-order chi connectivity index (χ0) is 10.1. The SMILES string of the molecule is C.CC1CCCCC1.CCC=C(C)C. The first-order valence-corrected chi connectivity index (χ1v) is 5.80. The van der Waals surface area contributed by atoms with Gasteiger partial charge in [-0.3, -0.25) is 0 Å². The summed E-state index contributed by atoms with van der Waals surface area (Å²) in [5.74, 6) is 1.04. The van der Waals surface area contributed by atoms with E-state index in [0.717, 1.165) is 5.92 Å². The predicted molar refractivity (Wildman–Crippen MR) is 68.7 cm³/mol. The van der Waals surface area contributed by atoms with Crippen molar-refractivity contribution in [3.8, 4) is 0 Å². The molecule has 0 radical (unpaired) electrons. The molecule has 14 heavy (non-hydrogen) atoms. The van der Waals surface area contributed by atoms with E-state index in [1.807, 2.05) is 0 Å². The Hall–Kier alpha value is -0.260. The second kappa shape index (κ2) is 10.8. The molecule has 0 N–H and O–H groups in total. The zero-order valence-corrected chi connectivity index (χ0v) is 9.90. The van der Waals surface area contributed by atoms with Crippen LogP contribution >= 0.6 is 0 Å². The second-order valence-electron chi connectivity index (χ2n) is 4.43. The summed E-state index contributed by atoms with van der Waals surface area (Å²) in [7, 11) is 0. The second-order valence-corrected chi connectivity index (χ2v) is 4.43. The molecule has 1 saturated carbocycles. The maximum absolute atomic E-state index is 2.36. The molecule has 0 aromatic heterocycles. The van der Waals surface area contributed by atoms with Crippen LogP contribution in [0.1, 0.15) is 73.6 Å². The van der Waals surface area contributed by atoms with Crippen LogP contribution < -0.4 is 0 Å². The van der Waals surface area contributed by atoms with Crippen LogP contribution in [0.2, 0.25) is 0 Å². The molecule has 1 fully saturated rings. The van der Waals surface area contributed by atoms with E-state index in [4.69, 9.17) is 0 Å². The molecule has 0 aromatic carbocycles. The van der Waals surface area contributed by atoms with Crippen LogP contribution in [-0.2, 0) is 0 Å². The van der Waals surface area contributed by atoms with E-state index in [-0.39, 0.29) is 7.43 Å². The van der Waals surface area contributed by atoms with Crippen molar-refractivity contribution < 1.29 is 0 Å². The Kier molecular flexibility index (Phi) is 12.5. The van der Waals surface area contributed by atoms with Gasteiger partial charge < -0.3 is 0 Å². The molecule has 0 nitrogen and oxygen atoms in total. The lowest BCUT2D eigenvalue weighted by Crippen LogP contribution is -1.99. The van der Waals surface area contributed by atoms with Gasteiger partial charge in [0.15, 0.2) is 0 Å². The smallest absolute Gasteiger partial charge is 0.0377 e. The van der Waals surface area contributed by atoms with E-state index >= 15 is 0 Å². The Morgan fingerprint density at radius 1 is 1.14 bits per heavy atom. The maximum atomic E-state index is 2.36. The first-order chi connectivity index (χ1) is 6.16. The fourth-order valence-electron chi connectivity index (χ4n) is 1.71. The summed E-state index contributed by atoms with van der Waals surface area (Å²) in [4.78, 5) is 0. The summed E-state index contributed by atoms with van der Waals surface area (Å²) in [5.41, 5.74) is 1.41. The molecule has 0 unspecified atom stereocenters.